The van der Waals surface area contributed by atoms with Gasteiger partial charge in [0, 0.05) is 30.2 Å². The molecule has 144 valence electrons. The molecule has 1 aliphatic rings. The molecule has 7 nitrogen and oxygen atoms in total. The minimum Gasteiger partial charge on any atom is -0.497 e. The van der Waals surface area contributed by atoms with Gasteiger partial charge in [-0.25, -0.2) is 0 Å². The van der Waals surface area contributed by atoms with E-state index < -0.39 is 0 Å². The van der Waals surface area contributed by atoms with Gasteiger partial charge in [-0.1, -0.05) is 13.0 Å². The van der Waals surface area contributed by atoms with Gasteiger partial charge in [0.25, 0.3) is 5.91 Å². The second-order valence-electron chi connectivity index (χ2n) is 6.10. The quantitative estimate of drug-likeness (QED) is 0.785. The van der Waals surface area contributed by atoms with Crippen molar-refractivity contribution in [2.75, 3.05) is 33.4 Å². The number of benzene rings is 1. The molecule has 0 spiro atoms. The van der Waals surface area contributed by atoms with Crippen LogP contribution in [0.5, 0.6) is 5.75 Å². The lowest BCUT2D eigenvalue weighted by molar-refractivity contribution is -0.139. The molecule has 1 aromatic heterocycles. The number of hydrogen-bond acceptors (Lipinski definition) is 5. The number of morpholine rings is 1. The SMILES string of the molecule is CC[C@@H](C(=O)N1CCOCC1)n1ccsc1=NC(=O)c1cccc(OC)c1. The topological polar surface area (TPSA) is 73.1 Å². The molecular weight excluding hydrogens is 366 g/mol. The second-order valence-corrected chi connectivity index (χ2v) is 6.98. The summed E-state index contributed by atoms with van der Waals surface area (Å²) in [6.07, 6.45) is 2.43. The van der Waals surface area contributed by atoms with E-state index in [0.29, 0.717) is 48.8 Å². The van der Waals surface area contributed by atoms with Crippen LogP contribution in [0, 0.1) is 0 Å². The molecule has 1 atom stereocenters. The summed E-state index contributed by atoms with van der Waals surface area (Å²) in [6, 6.07) is 6.49. The van der Waals surface area contributed by atoms with E-state index in [1.165, 1.54) is 11.3 Å². The van der Waals surface area contributed by atoms with Crippen molar-refractivity contribution in [2.24, 2.45) is 4.99 Å². The first kappa shape index (κ1) is 19.3. The number of ether oxygens (including phenoxy) is 2. The molecule has 1 aromatic carbocycles. The zero-order valence-corrected chi connectivity index (χ0v) is 16.3. The van der Waals surface area contributed by atoms with Gasteiger partial charge in [0.2, 0.25) is 5.91 Å². The molecule has 1 saturated heterocycles. The maximum Gasteiger partial charge on any atom is 0.279 e. The van der Waals surface area contributed by atoms with E-state index in [2.05, 4.69) is 4.99 Å². The average molecular weight is 389 g/mol. The minimum atomic E-state index is -0.383. The number of rotatable bonds is 5. The van der Waals surface area contributed by atoms with E-state index in [1.807, 2.05) is 23.4 Å². The number of amides is 2. The molecule has 0 N–H and O–H groups in total. The summed E-state index contributed by atoms with van der Waals surface area (Å²) in [5.41, 5.74) is 0.446. The van der Waals surface area contributed by atoms with Crippen molar-refractivity contribution in [3.05, 3.63) is 46.2 Å². The summed E-state index contributed by atoms with van der Waals surface area (Å²) in [4.78, 5) is 32.1. The van der Waals surface area contributed by atoms with Crippen molar-refractivity contribution < 1.29 is 19.1 Å². The highest BCUT2D eigenvalue weighted by Gasteiger charge is 2.26. The first-order chi connectivity index (χ1) is 13.1. The Labute approximate surface area is 161 Å². The van der Waals surface area contributed by atoms with Gasteiger partial charge < -0.3 is 18.9 Å². The smallest absolute Gasteiger partial charge is 0.279 e. The maximum absolute atomic E-state index is 12.9. The third-order valence-electron chi connectivity index (χ3n) is 4.46. The van der Waals surface area contributed by atoms with E-state index in [-0.39, 0.29) is 17.9 Å². The lowest BCUT2D eigenvalue weighted by Gasteiger charge is -2.30. The van der Waals surface area contributed by atoms with Crippen LogP contribution in [0.4, 0.5) is 0 Å². The van der Waals surface area contributed by atoms with Gasteiger partial charge in [0.05, 0.1) is 20.3 Å². The largest absolute Gasteiger partial charge is 0.497 e. The Balaban J connectivity index is 1.87. The van der Waals surface area contributed by atoms with Crippen molar-refractivity contribution in [3.63, 3.8) is 0 Å². The van der Waals surface area contributed by atoms with Crippen molar-refractivity contribution in [2.45, 2.75) is 19.4 Å². The van der Waals surface area contributed by atoms with E-state index in [1.54, 1.807) is 35.9 Å². The molecule has 1 fully saturated rings. The van der Waals surface area contributed by atoms with Gasteiger partial charge in [-0.2, -0.15) is 4.99 Å². The van der Waals surface area contributed by atoms with Gasteiger partial charge in [0.1, 0.15) is 11.8 Å². The molecule has 2 amide bonds. The first-order valence-corrected chi connectivity index (χ1v) is 9.77. The zero-order chi connectivity index (χ0) is 19.2. The van der Waals surface area contributed by atoms with Gasteiger partial charge in [-0.05, 0) is 24.6 Å². The third-order valence-corrected chi connectivity index (χ3v) is 5.23. The molecular formula is C19H23N3O4S. The fourth-order valence-electron chi connectivity index (χ4n) is 3.00. The van der Waals surface area contributed by atoms with Crippen LogP contribution in [0.15, 0.2) is 40.8 Å². The minimum absolute atomic E-state index is 0.0366. The highest BCUT2D eigenvalue weighted by Crippen LogP contribution is 2.16. The number of carbonyl (C=O) groups is 2. The van der Waals surface area contributed by atoms with Crippen LogP contribution < -0.4 is 9.54 Å². The van der Waals surface area contributed by atoms with Gasteiger partial charge in [-0.3, -0.25) is 9.59 Å². The molecule has 27 heavy (non-hydrogen) atoms. The van der Waals surface area contributed by atoms with E-state index in [0.717, 1.165) is 0 Å². The van der Waals surface area contributed by atoms with Crippen LogP contribution in [-0.2, 0) is 9.53 Å². The maximum atomic E-state index is 12.9. The molecule has 2 aromatic rings. The lowest BCUT2D eigenvalue weighted by Crippen LogP contribution is -2.45. The van der Waals surface area contributed by atoms with Crippen LogP contribution in [0.3, 0.4) is 0 Å². The van der Waals surface area contributed by atoms with Crippen molar-refractivity contribution in [1.29, 1.82) is 0 Å². The van der Waals surface area contributed by atoms with E-state index in [9.17, 15) is 9.59 Å². The standard InChI is InChI=1S/C19H23N3O4S/c1-3-16(18(24)21-7-10-26-11-8-21)22-9-12-27-19(22)20-17(23)14-5-4-6-15(13-14)25-2/h4-6,9,12-13,16H,3,7-8,10-11H2,1-2H3/t16-/m0/s1. The van der Waals surface area contributed by atoms with Crippen LogP contribution in [0.2, 0.25) is 0 Å². The van der Waals surface area contributed by atoms with E-state index >= 15 is 0 Å². The fourth-order valence-corrected chi connectivity index (χ4v) is 3.75. The fraction of sp³-hybridized carbons (Fsp3) is 0.421. The normalized spacial score (nSPS) is 16.2. The number of thiazole rings is 1. The zero-order valence-electron chi connectivity index (χ0n) is 15.5. The Bertz CT molecular complexity index is 868. The number of nitrogens with zero attached hydrogens (tertiary/aromatic N) is 3. The Kier molecular flexibility index (Phi) is 6.41. The van der Waals surface area contributed by atoms with Crippen LogP contribution >= 0.6 is 11.3 Å². The predicted octanol–water partition coefficient (Wildman–Crippen LogP) is 2.11. The van der Waals surface area contributed by atoms with Crippen molar-refractivity contribution in [1.82, 2.24) is 9.47 Å². The number of carbonyl (C=O) groups excluding carboxylic acids is 2. The van der Waals surface area contributed by atoms with Crippen LogP contribution in [-0.4, -0.2) is 54.7 Å². The van der Waals surface area contributed by atoms with Gasteiger partial charge >= 0.3 is 0 Å². The Morgan fingerprint density at radius 2 is 2.11 bits per heavy atom. The average Bonchev–Trinajstić information content (AvgIpc) is 3.17. The summed E-state index contributed by atoms with van der Waals surface area (Å²) in [5, 5.41) is 1.84. The third kappa shape index (κ3) is 4.45. The van der Waals surface area contributed by atoms with Crippen molar-refractivity contribution >= 4 is 23.2 Å². The van der Waals surface area contributed by atoms with Crippen LogP contribution in [0.1, 0.15) is 29.7 Å². The molecule has 0 radical (unpaired) electrons. The highest BCUT2D eigenvalue weighted by molar-refractivity contribution is 7.07. The Hall–Kier alpha value is -2.45. The van der Waals surface area contributed by atoms with Gasteiger partial charge in [0.15, 0.2) is 4.80 Å². The number of methoxy groups -OCH3 is 1. The lowest BCUT2D eigenvalue weighted by atomic mass is 10.2. The monoisotopic (exact) mass is 389 g/mol. The first-order valence-electron chi connectivity index (χ1n) is 8.89. The molecule has 0 aliphatic carbocycles. The highest BCUT2D eigenvalue weighted by atomic mass is 32.1. The Morgan fingerprint density at radius 1 is 1.33 bits per heavy atom. The molecule has 0 saturated carbocycles. The molecule has 3 rings (SSSR count). The van der Waals surface area contributed by atoms with E-state index in [4.69, 9.17) is 9.47 Å². The molecule has 2 heterocycles. The molecule has 0 bridgehead atoms. The molecule has 8 heteroatoms. The second kappa shape index (κ2) is 8.96. The summed E-state index contributed by atoms with van der Waals surface area (Å²) in [5.74, 6) is 0.275. The summed E-state index contributed by atoms with van der Waals surface area (Å²) in [6.45, 7) is 4.26. The predicted molar refractivity (Wildman–Crippen MR) is 102 cm³/mol. The summed E-state index contributed by atoms with van der Waals surface area (Å²) in [7, 11) is 1.55. The summed E-state index contributed by atoms with van der Waals surface area (Å²) < 4.78 is 12.3. The number of hydrogen-bond donors (Lipinski definition) is 0. The van der Waals surface area contributed by atoms with Crippen molar-refractivity contribution in [3.8, 4) is 5.75 Å². The molecule has 0 unspecified atom stereocenters. The molecule has 1 aliphatic heterocycles. The van der Waals surface area contributed by atoms with Gasteiger partial charge in [-0.15, -0.1) is 11.3 Å². The van der Waals surface area contributed by atoms with Crippen LogP contribution in [0.25, 0.3) is 0 Å². The Morgan fingerprint density at radius 3 is 2.81 bits per heavy atom. The number of aromatic nitrogens is 1. The summed E-state index contributed by atoms with van der Waals surface area (Å²) >= 11 is 1.34.